The first-order valence-electron chi connectivity index (χ1n) is 27.3. The molecule has 0 rings (SSSR count). The van der Waals surface area contributed by atoms with Crippen molar-refractivity contribution in [2.24, 2.45) is 0 Å². The van der Waals surface area contributed by atoms with Gasteiger partial charge in [0.05, 0.1) is 31.3 Å². The minimum absolute atomic E-state index is 0.0435. The molecule has 0 aromatic carbocycles. The first kappa shape index (κ1) is 58.4. The van der Waals surface area contributed by atoms with Crippen molar-refractivity contribution in [3.63, 3.8) is 0 Å². The maximum Gasteiger partial charge on any atom is 0.222 e. The van der Waals surface area contributed by atoms with Crippen LogP contribution in [0.1, 0.15) is 316 Å². The molecular formula is C54H109NO4. The normalized spacial score (nSPS) is 13.2. The van der Waals surface area contributed by atoms with Gasteiger partial charge in [0.25, 0.3) is 0 Å². The molecule has 3 unspecified atom stereocenters. The number of aliphatic hydroxyl groups excluding tert-OH is 3. The third-order valence-electron chi connectivity index (χ3n) is 13.2. The zero-order chi connectivity index (χ0) is 43.0. The van der Waals surface area contributed by atoms with Crippen molar-refractivity contribution < 1.29 is 20.1 Å². The van der Waals surface area contributed by atoms with Crippen LogP contribution in [0.4, 0.5) is 0 Å². The number of nitrogens with one attached hydrogen (secondary N) is 1. The van der Waals surface area contributed by atoms with E-state index in [0.29, 0.717) is 12.8 Å². The van der Waals surface area contributed by atoms with Gasteiger partial charge in [-0.05, 0) is 12.8 Å². The SMILES string of the molecule is CCCCCCCCCCCCCCCCCCCCCCCCCCC(O)CC(=O)NC(CO)C(O)CCCCCCCCCCCCCCCCCCCCCC. The average molecular weight is 836 g/mol. The Hall–Kier alpha value is -0.650. The van der Waals surface area contributed by atoms with Gasteiger partial charge in [-0.15, -0.1) is 0 Å². The topological polar surface area (TPSA) is 89.8 Å². The molecule has 0 saturated carbocycles. The number of amides is 1. The molecule has 0 fully saturated rings. The summed E-state index contributed by atoms with van der Waals surface area (Å²) >= 11 is 0. The molecule has 0 saturated heterocycles. The fourth-order valence-corrected chi connectivity index (χ4v) is 9.00. The van der Waals surface area contributed by atoms with Crippen molar-refractivity contribution in [3.8, 4) is 0 Å². The van der Waals surface area contributed by atoms with Gasteiger partial charge in [0.2, 0.25) is 5.91 Å². The van der Waals surface area contributed by atoms with Crippen LogP contribution in [-0.2, 0) is 4.79 Å². The van der Waals surface area contributed by atoms with Crippen LogP contribution in [0.2, 0.25) is 0 Å². The van der Waals surface area contributed by atoms with E-state index in [1.807, 2.05) is 0 Å². The highest BCUT2D eigenvalue weighted by molar-refractivity contribution is 5.76. The smallest absolute Gasteiger partial charge is 0.222 e. The summed E-state index contributed by atoms with van der Waals surface area (Å²) in [5, 5.41) is 33.6. The number of carbonyl (C=O) groups is 1. The van der Waals surface area contributed by atoms with Crippen LogP contribution in [0.3, 0.4) is 0 Å². The van der Waals surface area contributed by atoms with Crippen LogP contribution in [-0.4, -0.2) is 46.1 Å². The lowest BCUT2D eigenvalue weighted by Crippen LogP contribution is -2.46. The molecule has 5 heteroatoms. The van der Waals surface area contributed by atoms with Gasteiger partial charge in [0, 0.05) is 0 Å². The van der Waals surface area contributed by atoms with Gasteiger partial charge in [-0.3, -0.25) is 4.79 Å². The lowest BCUT2D eigenvalue weighted by atomic mass is 10.0. The van der Waals surface area contributed by atoms with Crippen molar-refractivity contribution in [2.75, 3.05) is 6.61 Å². The number of hydrogen-bond acceptors (Lipinski definition) is 4. The molecule has 0 aliphatic carbocycles. The predicted molar refractivity (Wildman–Crippen MR) is 259 cm³/mol. The monoisotopic (exact) mass is 836 g/mol. The fraction of sp³-hybridized carbons (Fsp3) is 0.981. The lowest BCUT2D eigenvalue weighted by molar-refractivity contribution is -0.125. The predicted octanol–water partition coefficient (Wildman–Crippen LogP) is 16.6. The Labute approximate surface area is 370 Å². The molecule has 0 spiro atoms. The Bertz CT molecular complexity index is 792. The highest BCUT2D eigenvalue weighted by atomic mass is 16.3. The summed E-state index contributed by atoms with van der Waals surface area (Å²) in [6.07, 6.45) is 59.6. The van der Waals surface area contributed by atoms with Crippen molar-refractivity contribution in [1.82, 2.24) is 5.32 Å². The molecule has 5 nitrogen and oxygen atoms in total. The number of unbranched alkanes of at least 4 members (excludes halogenated alkanes) is 42. The van der Waals surface area contributed by atoms with E-state index < -0.39 is 18.2 Å². The Morgan fingerprint density at radius 1 is 0.356 bits per heavy atom. The van der Waals surface area contributed by atoms with Crippen LogP contribution in [0.25, 0.3) is 0 Å². The largest absolute Gasteiger partial charge is 0.394 e. The quantitative estimate of drug-likeness (QED) is 0.0460. The van der Waals surface area contributed by atoms with E-state index in [4.69, 9.17) is 0 Å². The number of rotatable bonds is 51. The van der Waals surface area contributed by atoms with Crippen LogP contribution in [0.5, 0.6) is 0 Å². The molecule has 0 aromatic heterocycles. The summed E-state index contributed by atoms with van der Waals surface area (Å²) in [6.45, 7) is 4.31. The standard InChI is InChI=1S/C54H109NO4/c1-3-5-7-9-11-13-15-17-19-21-23-25-26-27-28-29-31-33-35-37-39-41-43-45-47-51(57)49-54(59)55-52(50-56)53(58)48-46-44-42-40-38-36-34-32-30-24-22-20-18-16-14-12-10-8-6-4-2/h51-53,56-58H,3-50H2,1-2H3,(H,55,59). The molecule has 0 aliphatic heterocycles. The summed E-state index contributed by atoms with van der Waals surface area (Å²) in [5.41, 5.74) is 0. The van der Waals surface area contributed by atoms with Gasteiger partial charge >= 0.3 is 0 Å². The molecule has 4 N–H and O–H groups in total. The number of aliphatic hydroxyl groups is 3. The van der Waals surface area contributed by atoms with Gasteiger partial charge in [0.1, 0.15) is 0 Å². The van der Waals surface area contributed by atoms with Gasteiger partial charge in [-0.2, -0.15) is 0 Å². The molecule has 0 aromatic rings. The highest BCUT2D eigenvalue weighted by Crippen LogP contribution is 2.18. The third kappa shape index (κ3) is 46.7. The minimum Gasteiger partial charge on any atom is -0.394 e. The Balaban J connectivity index is 3.50. The molecular weight excluding hydrogens is 727 g/mol. The molecule has 0 aliphatic rings. The second kappa shape index (κ2) is 50.0. The molecule has 3 atom stereocenters. The molecule has 59 heavy (non-hydrogen) atoms. The van der Waals surface area contributed by atoms with Gasteiger partial charge in [-0.1, -0.05) is 296 Å². The number of carbonyl (C=O) groups excluding carboxylic acids is 1. The van der Waals surface area contributed by atoms with E-state index in [-0.39, 0.29) is 18.9 Å². The Kier molecular flexibility index (Phi) is 49.4. The minimum atomic E-state index is -0.745. The van der Waals surface area contributed by atoms with E-state index in [9.17, 15) is 20.1 Å². The van der Waals surface area contributed by atoms with Crippen LogP contribution in [0, 0.1) is 0 Å². The van der Waals surface area contributed by atoms with Crippen molar-refractivity contribution in [3.05, 3.63) is 0 Å². The van der Waals surface area contributed by atoms with Crippen LogP contribution in [0.15, 0.2) is 0 Å². The number of hydrogen-bond donors (Lipinski definition) is 4. The maximum atomic E-state index is 12.5. The Morgan fingerprint density at radius 2 is 0.576 bits per heavy atom. The first-order valence-corrected chi connectivity index (χ1v) is 27.3. The summed E-state index contributed by atoms with van der Waals surface area (Å²) < 4.78 is 0. The van der Waals surface area contributed by atoms with Gasteiger partial charge in [-0.25, -0.2) is 0 Å². The average Bonchev–Trinajstić information content (AvgIpc) is 3.23. The molecule has 0 bridgehead atoms. The lowest BCUT2D eigenvalue weighted by Gasteiger charge is -2.23. The van der Waals surface area contributed by atoms with Gasteiger partial charge < -0.3 is 20.6 Å². The molecule has 0 radical (unpaired) electrons. The highest BCUT2D eigenvalue weighted by Gasteiger charge is 2.21. The summed E-state index contributed by atoms with van der Waals surface area (Å²) in [7, 11) is 0. The second-order valence-corrected chi connectivity index (χ2v) is 19.2. The summed E-state index contributed by atoms with van der Waals surface area (Å²) in [6, 6.07) is -0.654. The second-order valence-electron chi connectivity index (χ2n) is 19.2. The summed E-state index contributed by atoms with van der Waals surface area (Å²) in [4.78, 5) is 12.5. The van der Waals surface area contributed by atoms with E-state index in [1.165, 1.54) is 257 Å². The molecule has 1 amide bonds. The summed E-state index contributed by atoms with van der Waals surface area (Å²) in [5.74, 6) is -0.275. The van der Waals surface area contributed by atoms with Crippen LogP contribution < -0.4 is 5.32 Å². The fourth-order valence-electron chi connectivity index (χ4n) is 9.00. The molecule has 0 heterocycles. The van der Waals surface area contributed by atoms with E-state index in [2.05, 4.69) is 19.2 Å². The van der Waals surface area contributed by atoms with E-state index >= 15 is 0 Å². The van der Waals surface area contributed by atoms with E-state index in [0.717, 1.165) is 25.7 Å². The first-order chi connectivity index (χ1) is 29.0. The van der Waals surface area contributed by atoms with Crippen molar-refractivity contribution >= 4 is 5.91 Å². The maximum absolute atomic E-state index is 12.5. The zero-order valence-electron chi connectivity index (χ0n) is 40.4. The van der Waals surface area contributed by atoms with Crippen molar-refractivity contribution in [2.45, 2.75) is 334 Å². The Morgan fingerprint density at radius 3 is 0.814 bits per heavy atom. The third-order valence-corrected chi connectivity index (χ3v) is 13.2. The zero-order valence-corrected chi connectivity index (χ0v) is 40.4. The molecule has 354 valence electrons. The van der Waals surface area contributed by atoms with Crippen molar-refractivity contribution in [1.29, 1.82) is 0 Å². The van der Waals surface area contributed by atoms with Gasteiger partial charge in [0.15, 0.2) is 0 Å². The van der Waals surface area contributed by atoms with E-state index in [1.54, 1.807) is 0 Å². The van der Waals surface area contributed by atoms with Crippen LogP contribution >= 0.6 is 0 Å².